The Morgan fingerprint density at radius 1 is 1.14 bits per heavy atom. The summed E-state index contributed by atoms with van der Waals surface area (Å²) in [6.45, 7) is 3.81. The fourth-order valence-corrected chi connectivity index (χ4v) is 4.66. The van der Waals surface area contributed by atoms with E-state index in [1.165, 1.54) is 12.1 Å². The first-order valence-corrected chi connectivity index (χ1v) is 11.7. The van der Waals surface area contributed by atoms with Crippen molar-refractivity contribution in [1.29, 1.82) is 0 Å². The van der Waals surface area contributed by atoms with Crippen molar-refractivity contribution in [1.82, 2.24) is 15.3 Å². The minimum Gasteiger partial charge on any atom is -0.494 e. The third kappa shape index (κ3) is 5.38. The van der Waals surface area contributed by atoms with Crippen LogP contribution in [0.25, 0.3) is 0 Å². The van der Waals surface area contributed by atoms with Crippen molar-refractivity contribution in [2.24, 2.45) is 4.99 Å². The minimum absolute atomic E-state index is 0.101. The number of carbonyl (C=O) groups excluding carboxylic acids is 2. The maximum Gasteiger partial charge on any atom is 0.328 e. The molecule has 36 heavy (non-hydrogen) atoms. The second-order valence-electron chi connectivity index (χ2n) is 8.15. The molecule has 1 saturated heterocycles. The number of benzene rings is 2. The van der Waals surface area contributed by atoms with Gasteiger partial charge < -0.3 is 15.7 Å². The number of amides is 2. The smallest absolute Gasteiger partial charge is 0.328 e. The lowest BCUT2D eigenvalue weighted by atomic mass is 10.0. The molecule has 0 spiro atoms. The van der Waals surface area contributed by atoms with E-state index in [-0.39, 0.29) is 23.1 Å². The number of nitrogens with zero attached hydrogens (tertiary/aromatic N) is 1. The van der Waals surface area contributed by atoms with Crippen LogP contribution in [-0.4, -0.2) is 37.3 Å². The van der Waals surface area contributed by atoms with E-state index in [2.05, 4.69) is 20.6 Å². The predicted molar refractivity (Wildman–Crippen MR) is 134 cm³/mol. The van der Waals surface area contributed by atoms with E-state index >= 15 is 0 Å². The molecular formula is C24H22FN5O5S. The number of aromatic nitrogens is 2. The highest BCUT2D eigenvalue weighted by molar-refractivity contribution is 8.15. The third-order valence-corrected chi connectivity index (χ3v) is 6.79. The Morgan fingerprint density at radius 2 is 1.86 bits per heavy atom. The summed E-state index contributed by atoms with van der Waals surface area (Å²) in [5, 5.41) is 15.0. The van der Waals surface area contributed by atoms with Crippen LogP contribution in [0.15, 0.2) is 57.0 Å². The topological polar surface area (TPSA) is 157 Å². The minimum atomic E-state index is -1.18. The molecule has 2 heterocycles. The summed E-state index contributed by atoms with van der Waals surface area (Å²) in [5.74, 6) is -2.04. The number of aliphatic imine (C=N–C) groups is 1. The van der Waals surface area contributed by atoms with Crippen molar-refractivity contribution in [3.8, 4) is 5.88 Å². The monoisotopic (exact) mass is 511 g/mol. The average Bonchev–Trinajstić information content (AvgIpc) is 3.14. The Morgan fingerprint density at radius 3 is 2.56 bits per heavy atom. The summed E-state index contributed by atoms with van der Waals surface area (Å²) in [5.41, 5.74) is 0.815. The standard InChI is InChI=1S/C24H22FN5O5S/c1-11-4-3-5-15(12(11)2)26-17(31)10-16-20(32)30-24(36-16)27-19(13-6-8-14(25)9-7-13)18-21(33)28-23(35)29-22(18)34/h3-9,16,19H,10H2,1-2H3,(H,26,31)(H,27,30,32)(H3,28,29,33,34,35)/t16-,19-/m0/s1. The predicted octanol–water partition coefficient (Wildman–Crippen LogP) is 2.23. The van der Waals surface area contributed by atoms with Gasteiger partial charge in [0.2, 0.25) is 17.7 Å². The lowest BCUT2D eigenvalue weighted by Gasteiger charge is -2.14. The van der Waals surface area contributed by atoms with E-state index in [0.717, 1.165) is 35.0 Å². The number of aromatic amines is 2. The van der Waals surface area contributed by atoms with Gasteiger partial charge in [0.25, 0.3) is 5.56 Å². The van der Waals surface area contributed by atoms with Crippen LogP contribution in [0.1, 0.15) is 34.7 Å². The van der Waals surface area contributed by atoms with Crippen LogP contribution in [0.4, 0.5) is 10.1 Å². The highest BCUT2D eigenvalue weighted by Crippen LogP contribution is 2.32. The van der Waals surface area contributed by atoms with Crippen LogP contribution in [0.3, 0.4) is 0 Å². The van der Waals surface area contributed by atoms with Gasteiger partial charge in [-0.1, -0.05) is 36.0 Å². The van der Waals surface area contributed by atoms with Crippen LogP contribution in [0.5, 0.6) is 5.88 Å². The van der Waals surface area contributed by atoms with Crippen molar-refractivity contribution in [3.63, 3.8) is 0 Å². The maximum absolute atomic E-state index is 13.5. The summed E-state index contributed by atoms with van der Waals surface area (Å²) in [6, 6.07) is 9.38. The first-order chi connectivity index (χ1) is 17.1. The van der Waals surface area contributed by atoms with E-state index in [1.807, 2.05) is 31.0 Å². The number of nitrogens with one attached hydrogen (secondary N) is 4. The molecule has 3 aromatic rings. The molecule has 2 atom stereocenters. The largest absolute Gasteiger partial charge is 0.494 e. The lowest BCUT2D eigenvalue weighted by Crippen LogP contribution is -2.29. The average molecular weight is 512 g/mol. The molecule has 0 saturated carbocycles. The van der Waals surface area contributed by atoms with E-state index in [9.17, 15) is 28.7 Å². The molecular weight excluding hydrogens is 489 g/mol. The zero-order chi connectivity index (χ0) is 26.0. The van der Waals surface area contributed by atoms with E-state index in [0.29, 0.717) is 11.3 Å². The Kier molecular flexibility index (Phi) is 7.06. The number of halogens is 1. The van der Waals surface area contributed by atoms with Crippen molar-refractivity contribution in [3.05, 3.63) is 91.4 Å². The van der Waals surface area contributed by atoms with Gasteiger partial charge in [-0.3, -0.25) is 24.4 Å². The van der Waals surface area contributed by atoms with Crippen LogP contribution in [0, 0.1) is 19.7 Å². The molecule has 10 nitrogen and oxygen atoms in total. The second kappa shape index (κ2) is 10.2. The third-order valence-electron chi connectivity index (χ3n) is 5.69. The summed E-state index contributed by atoms with van der Waals surface area (Å²) in [6.07, 6.45) is -0.130. The number of amidine groups is 1. The van der Waals surface area contributed by atoms with Gasteiger partial charge in [0.1, 0.15) is 22.7 Å². The number of thioether (sulfide) groups is 1. The Hall–Kier alpha value is -4.19. The van der Waals surface area contributed by atoms with Crippen molar-refractivity contribution >= 4 is 34.4 Å². The van der Waals surface area contributed by atoms with Crippen molar-refractivity contribution in [2.45, 2.75) is 31.6 Å². The fraction of sp³-hybridized carbons (Fsp3) is 0.208. The van der Waals surface area contributed by atoms with Crippen LogP contribution < -0.4 is 21.9 Å². The molecule has 2 aromatic carbocycles. The number of hydrogen-bond donors (Lipinski definition) is 5. The molecule has 0 unspecified atom stereocenters. The van der Waals surface area contributed by atoms with Crippen LogP contribution >= 0.6 is 11.8 Å². The number of carbonyl (C=O) groups is 2. The highest BCUT2D eigenvalue weighted by atomic mass is 32.2. The maximum atomic E-state index is 13.5. The van der Waals surface area contributed by atoms with Gasteiger partial charge in [0, 0.05) is 12.1 Å². The first kappa shape index (κ1) is 24.9. The van der Waals surface area contributed by atoms with Gasteiger partial charge in [-0.05, 0) is 48.7 Å². The Labute approximate surface area is 208 Å². The SMILES string of the molecule is Cc1cccc(NC(=O)C[C@@H]2SC(=N[C@@H](c3ccc(F)cc3)c3c(O)[nH]c(=O)[nH]c3=O)NC2=O)c1C. The van der Waals surface area contributed by atoms with Gasteiger partial charge in [0.05, 0.1) is 0 Å². The van der Waals surface area contributed by atoms with E-state index in [4.69, 9.17) is 0 Å². The zero-order valence-corrected chi connectivity index (χ0v) is 20.0. The van der Waals surface area contributed by atoms with Crippen molar-refractivity contribution < 1.29 is 19.1 Å². The summed E-state index contributed by atoms with van der Waals surface area (Å²) in [7, 11) is 0. The molecule has 2 amide bonds. The Bertz CT molecular complexity index is 1480. The normalized spacial score (nSPS) is 17.1. The second-order valence-corrected chi connectivity index (χ2v) is 9.35. The zero-order valence-electron chi connectivity index (χ0n) is 19.2. The molecule has 186 valence electrons. The number of rotatable bonds is 6. The number of aryl methyl sites for hydroxylation is 1. The first-order valence-electron chi connectivity index (χ1n) is 10.8. The highest BCUT2D eigenvalue weighted by Gasteiger charge is 2.34. The molecule has 1 aliphatic rings. The number of hydrogen-bond acceptors (Lipinski definition) is 7. The molecule has 0 bridgehead atoms. The number of aromatic hydroxyl groups is 1. The molecule has 1 aromatic heterocycles. The van der Waals surface area contributed by atoms with Gasteiger partial charge in [0.15, 0.2) is 5.17 Å². The molecule has 5 N–H and O–H groups in total. The summed E-state index contributed by atoms with van der Waals surface area (Å²) < 4.78 is 13.5. The van der Waals surface area contributed by atoms with Gasteiger partial charge in [-0.15, -0.1) is 0 Å². The summed E-state index contributed by atoms with van der Waals surface area (Å²) in [4.78, 5) is 57.7. The quantitative estimate of drug-likeness (QED) is 0.342. The van der Waals surface area contributed by atoms with Crippen LogP contribution in [-0.2, 0) is 9.59 Å². The Balaban J connectivity index is 1.59. The van der Waals surface area contributed by atoms with Crippen LogP contribution in [0.2, 0.25) is 0 Å². The molecule has 4 rings (SSSR count). The molecule has 0 radical (unpaired) electrons. The van der Waals surface area contributed by atoms with Crippen molar-refractivity contribution in [2.75, 3.05) is 5.32 Å². The van der Waals surface area contributed by atoms with E-state index in [1.54, 1.807) is 6.07 Å². The van der Waals surface area contributed by atoms with E-state index < -0.39 is 40.1 Å². The van der Waals surface area contributed by atoms with Gasteiger partial charge in [-0.25, -0.2) is 14.2 Å². The lowest BCUT2D eigenvalue weighted by molar-refractivity contribution is -0.122. The number of H-pyrrole nitrogens is 2. The van der Waals surface area contributed by atoms with Gasteiger partial charge >= 0.3 is 5.69 Å². The molecule has 0 aliphatic carbocycles. The molecule has 1 fully saturated rings. The molecule has 1 aliphatic heterocycles. The number of anilines is 1. The van der Waals surface area contributed by atoms with Gasteiger partial charge in [-0.2, -0.15) is 0 Å². The molecule has 12 heteroatoms. The fourth-order valence-electron chi connectivity index (χ4n) is 3.66. The summed E-state index contributed by atoms with van der Waals surface area (Å²) >= 11 is 0.989.